The SMILES string of the molecule is CC(C)C(NC(=O)C(N)CC(=O)O)C(=O)NC(CCC(=O)O)C(=O)NC(CCCCN)C(=O)O. The van der Waals surface area contributed by atoms with Crippen LogP contribution in [0.4, 0.5) is 0 Å². The summed E-state index contributed by atoms with van der Waals surface area (Å²) >= 11 is 0. The zero-order valence-electron chi connectivity index (χ0n) is 19.3. The lowest BCUT2D eigenvalue weighted by molar-refractivity contribution is -0.143. The molecule has 0 bridgehead atoms. The van der Waals surface area contributed by atoms with Gasteiger partial charge in [0.25, 0.3) is 0 Å². The van der Waals surface area contributed by atoms with E-state index < -0.39 is 78.6 Å². The van der Waals surface area contributed by atoms with Gasteiger partial charge in [-0.05, 0) is 38.1 Å². The molecule has 4 atom stereocenters. The van der Waals surface area contributed by atoms with Crippen molar-refractivity contribution in [2.24, 2.45) is 17.4 Å². The average Bonchev–Trinajstić information content (AvgIpc) is 2.72. The Morgan fingerprint density at radius 1 is 0.765 bits per heavy atom. The van der Waals surface area contributed by atoms with E-state index in [2.05, 4.69) is 16.0 Å². The van der Waals surface area contributed by atoms with Crippen LogP contribution >= 0.6 is 0 Å². The summed E-state index contributed by atoms with van der Waals surface area (Å²) in [5.41, 5.74) is 10.9. The van der Waals surface area contributed by atoms with Gasteiger partial charge in [0.2, 0.25) is 17.7 Å². The second-order valence-corrected chi connectivity index (χ2v) is 8.11. The largest absolute Gasteiger partial charge is 0.481 e. The molecule has 0 aromatic rings. The highest BCUT2D eigenvalue weighted by molar-refractivity contribution is 5.95. The highest BCUT2D eigenvalue weighted by Gasteiger charge is 2.32. The molecule has 0 saturated heterocycles. The van der Waals surface area contributed by atoms with Crippen molar-refractivity contribution in [3.05, 3.63) is 0 Å². The van der Waals surface area contributed by atoms with Crippen LogP contribution in [0, 0.1) is 5.92 Å². The number of carboxylic acid groups (broad SMARTS) is 3. The maximum absolute atomic E-state index is 12.8. The number of rotatable bonds is 17. The van der Waals surface area contributed by atoms with Crippen molar-refractivity contribution < 1.29 is 44.1 Å². The standard InChI is InChI=1S/C20H35N5O9/c1-10(2)16(25-17(30)11(22)9-15(28)29)19(32)23-12(6-7-14(26)27)18(31)24-13(20(33)34)5-3-4-8-21/h10-13,16H,3-9,21-22H2,1-2H3,(H,23,32)(H,24,31)(H,25,30)(H,26,27)(H,28,29)(H,33,34). The Morgan fingerprint density at radius 3 is 1.82 bits per heavy atom. The minimum atomic E-state index is -1.41. The first kappa shape index (κ1) is 30.7. The van der Waals surface area contributed by atoms with Crippen LogP contribution in [0.25, 0.3) is 0 Å². The summed E-state index contributed by atoms with van der Waals surface area (Å²) in [6.45, 7) is 3.50. The molecule has 0 aromatic heterocycles. The first-order valence-corrected chi connectivity index (χ1v) is 10.8. The fourth-order valence-electron chi connectivity index (χ4n) is 2.90. The predicted octanol–water partition coefficient (Wildman–Crippen LogP) is -2.02. The summed E-state index contributed by atoms with van der Waals surface area (Å²) in [6, 6.07) is -5.29. The Kier molecular flexibility index (Phi) is 14.1. The molecule has 0 spiro atoms. The van der Waals surface area contributed by atoms with Gasteiger partial charge in [-0.2, -0.15) is 0 Å². The predicted molar refractivity (Wildman–Crippen MR) is 118 cm³/mol. The number of nitrogens with one attached hydrogen (secondary N) is 3. The molecule has 0 aliphatic carbocycles. The maximum Gasteiger partial charge on any atom is 0.326 e. The number of nitrogens with two attached hydrogens (primary N) is 2. The minimum absolute atomic E-state index is 0.0873. The molecule has 3 amide bonds. The fourth-order valence-corrected chi connectivity index (χ4v) is 2.90. The van der Waals surface area contributed by atoms with Crippen molar-refractivity contribution in [2.75, 3.05) is 6.54 Å². The number of carboxylic acids is 3. The van der Waals surface area contributed by atoms with E-state index in [-0.39, 0.29) is 12.8 Å². The molecule has 194 valence electrons. The third-order valence-electron chi connectivity index (χ3n) is 4.82. The number of carbonyl (C=O) groups excluding carboxylic acids is 3. The number of amides is 3. The third kappa shape index (κ3) is 12.1. The molecule has 0 rings (SSSR count). The summed E-state index contributed by atoms with van der Waals surface area (Å²) < 4.78 is 0. The van der Waals surface area contributed by atoms with Gasteiger partial charge >= 0.3 is 17.9 Å². The lowest BCUT2D eigenvalue weighted by atomic mass is 10.0. The summed E-state index contributed by atoms with van der Waals surface area (Å²) in [5.74, 6) is -6.98. The van der Waals surface area contributed by atoms with Crippen molar-refractivity contribution in [2.45, 2.75) is 76.5 Å². The quantitative estimate of drug-likeness (QED) is 0.103. The van der Waals surface area contributed by atoms with Crippen molar-refractivity contribution in [3.8, 4) is 0 Å². The van der Waals surface area contributed by atoms with Crippen LogP contribution in [0.3, 0.4) is 0 Å². The highest BCUT2D eigenvalue weighted by atomic mass is 16.4. The first-order valence-electron chi connectivity index (χ1n) is 10.8. The molecule has 0 aliphatic rings. The molecule has 0 aromatic carbocycles. The Morgan fingerprint density at radius 2 is 1.35 bits per heavy atom. The molecule has 4 unspecified atom stereocenters. The van der Waals surface area contributed by atoms with Crippen molar-refractivity contribution in [1.82, 2.24) is 16.0 Å². The minimum Gasteiger partial charge on any atom is -0.481 e. The van der Waals surface area contributed by atoms with Crippen LogP contribution in [-0.2, 0) is 28.8 Å². The number of hydrogen-bond acceptors (Lipinski definition) is 8. The maximum atomic E-state index is 12.8. The fraction of sp³-hybridized carbons (Fsp3) is 0.700. The van der Waals surface area contributed by atoms with Crippen LogP contribution in [0.5, 0.6) is 0 Å². The molecule has 34 heavy (non-hydrogen) atoms. The van der Waals surface area contributed by atoms with Gasteiger partial charge in [-0.15, -0.1) is 0 Å². The van der Waals surface area contributed by atoms with Gasteiger partial charge < -0.3 is 42.7 Å². The summed E-state index contributed by atoms with van der Waals surface area (Å²) in [7, 11) is 0. The molecule has 0 aliphatic heterocycles. The smallest absolute Gasteiger partial charge is 0.326 e. The summed E-state index contributed by atoms with van der Waals surface area (Å²) in [5, 5.41) is 34.1. The van der Waals surface area contributed by atoms with Gasteiger partial charge in [-0.1, -0.05) is 13.8 Å². The van der Waals surface area contributed by atoms with E-state index in [9.17, 15) is 33.9 Å². The van der Waals surface area contributed by atoms with Crippen LogP contribution in [0.1, 0.15) is 52.4 Å². The van der Waals surface area contributed by atoms with E-state index in [0.717, 1.165) is 0 Å². The van der Waals surface area contributed by atoms with Gasteiger partial charge in [-0.3, -0.25) is 24.0 Å². The van der Waals surface area contributed by atoms with E-state index in [1.165, 1.54) is 0 Å². The number of hydrogen-bond donors (Lipinski definition) is 8. The van der Waals surface area contributed by atoms with E-state index in [0.29, 0.717) is 19.4 Å². The molecule has 0 saturated carbocycles. The lowest BCUT2D eigenvalue weighted by Crippen LogP contribution is -2.58. The van der Waals surface area contributed by atoms with E-state index in [1.807, 2.05) is 0 Å². The molecule has 0 radical (unpaired) electrons. The normalized spacial score (nSPS) is 14.4. The van der Waals surface area contributed by atoms with E-state index in [1.54, 1.807) is 13.8 Å². The second-order valence-electron chi connectivity index (χ2n) is 8.11. The molecule has 0 fully saturated rings. The molecular weight excluding hydrogens is 454 g/mol. The van der Waals surface area contributed by atoms with Crippen LogP contribution in [0.2, 0.25) is 0 Å². The molecule has 14 nitrogen and oxygen atoms in total. The Labute approximate surface area is 196 Å². The number of unbranched alkanes of at least 4 members (excludes halogenated alkanes) is 1. The third-order valence-corrected chi connectivity index (χ3v) is 4.82. The number of carbonyl (C=O) groups is 6. The van der Waals surface area contributed by atoms with Gasteiger partial charge in [0.1, 0.15) is 18.1 Å². The molecule has 14 heteroatoms. The lowest BCUT2D eigenvalue weighted by Gasteiger charge is -2.26. The molecular formula is C20H35N5O9. The van der Waals surface area contributed by atoms with Crippen LogP contribution in [0.15, 0.2) is 0 Å². The van der Waals surface area contributed by atoms with Gasteiger partial charge in [-0.25, -0.2) is 4.79 Å². The van der Waals surface area contributed by atoms with Gasteiger partial charge in [0, 0.05) is 6.42 Å². The average molecular weight is 490 g/mol. The van der Waals surface area contributed by atoms with Crippen molar-refractivity contribution in [3.63, 3.8) is 0 Å². The number of aliphatic carboxylic acids is 3. The zero-order valence-corrected chi connectivity index (χ0v) is 19.3. The van der Waals surface area contributed by atoms with Crippen LogP contribution < -0.4 is 27.4 Å². The Balaban J connectivity index is 5.47. The monoisotopic (exact) mass is 489 g/mol. The molecule has 0 heterocycles. The van der Waals surface area contributed by atoms with Crippen molar-refractivity contribution in [1.29, 1.82) is 0 Å². The zero-order chi connectivity index (χ0) is 26.4. The Hall–Kier alpha value is -3.26. The first-order chi connectivity index (χ1) is 15.8. The van der Waals surface area contributed by atoms with Crippen molar-refractivity contribution >= 4 is 35.6 Å². The van der Waals surface area contributed by atoms with Gasteiger partial charge in [0.15, 0.2) is 0 Å². The topological polar surface area (TPSA) is 251 Å². The summed E-state index contributed by atoms with van der Waals surface area (Å²) in [4.78, 5) is 70.9. The van der Waals surface area contributed by atoms with Crippen LogP contribution in [-0.4, -0.2) is 81.7 Å². The summed E-state index contributed by atoms with van der Waals surface area (Å²) in [6.07, 6.45) is -0.436. The van der Waals surface area contributed by atoms with E-state index in [4.69, 9.17) is 21.7 Å². The van der Waals surface area contributed by atoms with Gasteiger partial charge in [0.05, 0.1) is 12.5 Å². The van der Waals surface area contributed by atoms with E-state index >= 15 is 0 Å². The molecule has 10 N–H and O–H groups in total. The second kappa shape index (κ2) is 15.6. The highest BCUT2D eigenvalue weighted by Crippen LogP contribution is 2.08. The Bertz CT molecular complexity index is 744.